The summed E-state index contributed by atoms with van der Waals surface area (Å²) in [7, 11) is 0. The second-order valence-electron chi connectivity index (χ2n) is 6.84. The van der Waals surface area contributed by atoms with Crippen LogP contribution in [-0.2, 0) is 0 Å². The van der Waals surface area contributed by atoms with Crippen LogP contribution in [0, 0.1) is 11.8 Å². The van der Waals surface area contributed by atoms with E-state index in [0.717, 1.165) is 24.7 Å². The predicted octanol–water partition coefficient (Wildman–Crippen LogP) is 4.26. The topological polar surface area (TPSA) is 44.3 Å². The fourth-order valence-corrected chi connectivity index (χ4v) is 4.36. The minimum absolute atomic E-state index is 0.242. The molecule has 3 nitrogen and oxygen atoms in total. The van der Waals surface area contributed by atoms with E-state index < -0.39 is 6.23 Å². The summed E-state index contributed by atoms with van der Waals surface area (Å²) in [4.78, 5) is 0. The molecule has 0 spiro atoms. The highest BCUT2D eigenvalue weighted by Gasteiger charge is 2.25. The number of aliphatic hydroxyl groups excluding tert-OH is 1. The van der Waals surface area contributed by atoms with Crippen LogP contribution in [0.15, 0.2) is 0 Å². The summed E-state index contributed by atoms with van der Waals surface area (Å²) in [6, 6.07) is 0.388. The van der Waals surface area contributed by atoms with Crippen molar-refractivity contribution in [3.8, 4) is 0 Å². The van der Waals surface area contributed by atoms with Crippen LogP contribution < -0.4 is 10.6 Å². The van der Waals surface area contributed by atoms with E-state index in [-0.39, 0.29) is 5.37 Å². The number of thiol groups is 1. The fourth-order valence-electron chi connectivity index (χ4n) is 3.59. The van der Waals surface area contributed by atoms with E-state index in [2.05, 4.69) is 53.0 Å². The molecule has 0 aromatic carbocycles. The molecule has 3 N–H and O–H groups in total. The van der Waals surface area contributed by atoms with Crippen LogP contribution in [0.25, 0.3) is 0 Å². The number of aliphatic hydroxyl groups is 1. The average Bonchev–Trinajstić information content (AvgIpc) is 2.53. The van der Waals surface area contributed by atoms with Crippen LogP contribution >= 0.6 is 28.6 Å². The van der Waals surface area contributed by atoms with Crippen molar-refractivity contribution in [3.05, 3.63) is 0 Å². The largest absolute Gasteiger partial charge is 0.376 e. The zero-order valence-corrected chi connectivity index (χ0v) is 16.7. The molecule has 1 rings (SSSR count). The van der Waals surface area contributed by atoms with Gasteiger partial charge in [-0.2, -0.15) is 12.6 Å². The van der Waals surface area contributed by atoms with E-state index in [1.165, 1.54) is 44.9 Å². The highest BCUT2D eigenvalue weighted by Crippen LogP contribution is 2.32. The van der Waals surface area contributed by atoms with Crippen LogP contribution in [0.1, 0.15) is 71.6 Å². The molecule has 4 unspecified atom stereocenters. The first kappa shape index (κ1) is 20.8. The van der Waals surface area contributed by atoms with Crippen LogP contribution in [0.2, 0.25) is 0 Å². The van der Waals surface area contributed by atoms with Crippen LogP contribution in [0.3, 0.4) is 0 Å². The Kier molecular flexibility index (Phi) is 11.4. The van der Waals surface area contributed by atoms with Gasteiger partial charge in [0.05, 0.1) is 10.8 Å². The van der Waals surface area contributed by atoms with Gasteiger partial charge in [-0.15, -0.1) is 0 Å². The molecular weight excluding hydrogens is 360 g/mol. The lowest BCUT2D eigenvalue weighted by molar-refractivity contribution is 0.0997. The van der Waals surface area contributed by atoms with Crippen molar-refractivity contribution in [2.24, 2.45) is 11.8 Å². The first-order valence-electron chi connectivity index (χ1n) is 9.00. The van der Waals surface area contributed by atoms with Crippen molar-refractivity contribution < 1.29 is 5.11 Å². The maximum atomic E-state index is 10.3. The van der Waals surface area contributed by atoms with Crippen LogP contribution in [0.5, 0.6) is 0 Å². The molecule has 5 heteroatoms. The predicted molar refractivity (Wildman–Crippen MR) is 103 cm³/mol. The molecule has 22 heavy (non-hydrogen) atoms. The van der Waals surface area contributed by atoms with Gasteiger partial charge in [0, 0.05) is 6.04 Å². The second-order valence-corrected chi connectivity index (χ2v) is 7.96. The second kappa shape index (κ2) is 12.1. The van der Waals surface area contributed by atoms with Crippen molar-refractivity contribution >= 4 is 28.6 Å². The molecule has 0 amide bonds. The van der Waals surface area contributed by atoms with Crippen molar-refractivity contribution in [1.82, 2.24) is 10.6 Å². The molecule has 0 saturated heterocycles. The number of halogens is 1. The van der Waals surface area contributed by atoms with E-state index in [1.54, 1.807) is 0 Å². The van der Waals surface area contributed by atoms with Gasteiger partial charge in [0.25, 0.3) is 0 Å². The Morgan fingerprint density at radius 3 is 2.55 bits per heavy atom. The van der Waals surface area contributed by atoms with E-state index >= 15 is 0 Å². The Morgan fingerprint density at radius 1 is 1.27 bits per heavy atom. The van der Waals surface area contributed by atoms with Gasteiger partial charge in [-0.05, 0) is 24.7 Å². The third-order valence-corrected chi connectivity index (χ3v) is 5.80. The normalized spacial score (nSPS) is 22.2. The number of hydrogen-bond acceptors (Lipinski definition) is 4. The first-order chi connectivity index (χ1) is 10.6. The van der Waals surface area contributed by atoms with Crippen molar-refractivity contribution in [2.75, 3.05) is 5.45 Å². The van der Waals surface area contributed by atoms with Crippen molar-refractivity contribution in [1.29, 1.82) is 0 Å². The fraction of sp³-hybridized carbons (Fsp3) is 1.00. The Morgan fingerprint density at radius 2 is 1.95 bits per heavy atom. The maximum Gasteiger partial charge on any atom is 0.129 e. The lowest BCUT2D eigenvalue weighted by atomic mass is 9.78. The molecule has 0 aromatic heterocycles. The van der Waals surface area contributed by atoms with Gasteiger partial charge in [0.15, 0.2) is 0 Å². The molecule has 0 bridgehead atoms. The van der Waals surface area contributed by atoms with Crippen LogP contribution in [-0.4, -0.2) is 28.2 Å². The highest BCUT2D eigenvalue weighted by molar-refractivity contribution is 9.09. The molecule has 1 aliphatic rings. The summed E-state index contributed by atoms with van der Waals surface area (Å²) in [5.74, 6) is 1.62. The molecule has 1 saturated carbocycles. The molecule has 0 aliphatic heterocycles. The summed E-state index contributed by atoms with van der Waals surface area (Å²) >= 11 is 7.73. The van der Waals surface area contributed by atoms with Gasteiger partial charge >= 0.3 is 0 Å². The lowest BCUT2D eigenvalue weighted by Crippen LogP contribution is -2.49. The quantitative estimate of drug-likeness (QED) is 0.183. The SMILES string of the molecule is CCCCC(CC(C)C1CCCCC1)NC(O)C(S)NCBr. The summed E-state index contributed by atoms with van der Waals surface area (Å²) < 4.78 is 0. The minimum atomic E-state index is -0.610. The number of rotatable bonds is 11. The smallest absolute Gasteiger partial charge is 0.129 e. The maximum absolute atomic E-state index is 10.3. The summed E-state index contributed by atoms with van der Waals surface area (Å²) in [6.07, 6.45) is 11.1. The van der Waals surface area contributed by atoms with Crippen molar-refractivity contribution in [3.63, 3.8) is 0 Å². The van der Waals surface area contributed by atoms with Gasteiger partial charge in [-0.25, -0.2) is 0 Å². The lowest BCUT2D eigenvalue weighted by Gasteiger charge is -2.32. The highest BCUT2D eigenvalue weighted by atomic mass is 79.9. The summed E-state index contributed by atoms with van der Waals surface area (Å²) in [5, 5.41) is 16.5. The monoisotopic (exact) mass is 394 g/mol. The third kappa shape index (κ3) is 8.00. The van der Waals surface area contributed by atoms with Crippen LogP contribution in [0.4, 0.5) is 0 Å². The molecule has 1 aliphatic carbocycles. The number of unbranched alkanes of at least 4 members (excludes halogenated alkanes) is 1. The average molecular weight is 395 g/mol. The van der Waals surface area contributed by atoms with Gasteiger partial charge in [-0.1, -0.05) is 74.7 Å². The van der Waals surface area contributed by atoms with Crippen molar-refractivity contribution in [2.45, 2.75) is 89.3 Å². The van der Waals surface area contributed by atoms with E-state index in [4.69, 9.17) is 0 Å². The molecule has 4 atom stereocenters. The molecule has 0 aromatic rings. The molecule has 0 heterocycles. The molecule has 0 radical (unpaired) electrons. The van der Waals surface area contributed by atoms with Gasteiger partial charge < -0.3 is 5.11 Å². The number of nitrogens with one attached hydrogen (secondary N) is 2. The van der Waals surface area contributed by atoms with Gasteiger partial charge in [0.1, 0.15) is 6.23 Å². The first-order valence-corrected chi connectivity index (χ1v) is 10.6. The van der Waals surface area contributed by atoms with E-state index in [9.17, 15) is 5.11 Å². The Hall–Kier alpha value is 0.710. The number of hydrogen-bond donors (Lipinski definition) is 4. The Bertz CT molecular complexity index is 277. The Balaban J connectivity index is 2.47. The molecule has 1 fully saturated rings. The van der Waals surface area contributed by atoms with E-state index in [0.29, 0.717) is 11.5 Å². The zero-order chi connectivity index (χ0) is 16.4. The Labute approximate surface area is 150 Å². The van der Waals surface area contributed by atoms with Gasteiger partial charge in [0.2, 0.25) is 0 Å². The molecule has 132 valence electrons. The van der Waals surface area contributed by atoms with E-state index in [1.807, 2.05) is 0 Å². The minimum Gasteiger partial charge on any atom is -0.376 e. The number of alkyl halides is 1. The summed E-state index contributed by atoms with van der Waals surface area (Å²) in [5.41, 5.74) is 0.637. The molecular formula is C17H35BrN2OS. The zero-order valence-electron chi connectivity index (χ0n) is 14.2. The van der Waals surface area contributed by atoms with Gasteiger partial charge in [-0.3, -0.25) is 10.6 Å². The standard InChI is InChI=1S/C17H35BrN2OS/c1-3-4-10-15(20-16(21)17(22)19-12-18)11-13(2)14-8-6-5-7-9-14/h13-17,19-22H,3-12H2,1-2H3. The summed E-state index contributed by atoms with van der Waals surface area (Å²) in [6.45, 7) is 4.63. The third-order valence-electron chi connectivity index (χ3n) is 5.01.